The maximum absolute atomic E-state index is 6.62. The lowest BCUT2D eigenvalue weighted by molar-refractivity contribution is 0.687. The zero-order valence-corrected chi connectivity index (χ0v) is 14.2. The van der Waals surface area contributed by atoms with E-state index in [1.54, 1.807) is 0 Å². The Morgan fingerprint density at radius 1 is 0.800 bits per heavy atom. The van der Waals surface area contributed by atoms with Crippen LogP contribution in [0.5, 0.6) is 0 Å². The molecule has 0 fully saturated rings. The fraction of sp³-hybridized carbons (Fsp3) is 1.00. The van der Waals surface area contributed by atoms with Gasteiger partial charge in [-0.2, -0.15) is 11.1 Å². The molecule has 0 aliphatic rings. The molecule has 0 nitrogen and oxygen atoms in total. The second-order valence-electron chi connectivity index (χ2n) is 4.48. The van der Waals surface area contributed by atoms with Gasteiger partial charge in [0.1, 0.15) is 0 Å². The van der Waals surface area contributed by atoms with E-state index in [9.17, 15) is 0 Å². The van der Waals surface area contributed by atoms with Crippen LogP contribution in [0.2, 0.25) is 12.1 Å². The summed E-state index contributed by atoms with van der Waals surface area (Å²) in [4.78, 5) is -1.36. The minimum absolute atomic E-state index is 1.32. The Kier molecular flexibility index (Phi) is 11.3. The van der Waals surface area contributed by atoms with E-state index in [1.165, 1.54) is 63.5 Å². The molecule has 0 bridgehead atoms. The molecule has 0 aromatic rings. The summed E-state index contributed by atoms with van der Waals surface area (Å²) in [7, 11) is 0. The van der Waals surface area contributed by atoms with Gasteiger partial charge in [-0.25, -0.2) is 0 Å². The van der Waals surface area contributed by atoms with Crippen LogP contribution in [-0.4, -0.2) is 4.88 Å². The third-order valence-corrected chi connectivity index (χ3v) is 9.33. The van der Waals surface area contributed by atoms with Crippen LogP contribution < -0.4 is 0 Å². The molecule has 0 saturated heterocycles. The van der Waals surface area contributed by atoms with Crippen LogP contribution in [0.15, 0.2) is 0 Å². The lowest BCUT2D eigenvalue weighted by Gasteiger charge is -2.16. The van der Waals surface area contributed by atoms with E-state index in [1.807, 2.05) is 0 Å². The molecule has 0 heterocycles. The Morgan fingerprint density at radius 3 is 1.53 bits per heavy atom. The van der Waals surface area contributed by atoms with Gasteiger partial charge >= 0.3 is 0 Å². The Labute approximate surface area is 114 Å². The molecule has 0 spiro atoms. The molecule has 0 rings (SSSR count). The molecular formula is C12H26ClISi. The summed E-state index contributed by atoms with van der Waals surface area (Å²) < 4.78 is 0. The molecule has 0 atom stereocenters. The molecule has 92 valence electrons. The molecule has 0 radical (unpaired) electrons. The largest absolute Gasteiger partial charge is 0.221 e. The SMILES string of the molecule is CCCCCC[Si](Cl)(I)CCCCCC. The molecule has 0 amide bonds. The Bertz CT molecular complexity index is 126. The van der Waals surface area contributed by atoms with Crippen LogP contribution in [0.25, 0.3) is 0 Å². The number of unbranched alkanes of at least 4 members (excludes halogenated alkanes) is 6. The van der Waals surface area contributed by atoms with Crippen molar-refractivity contribution in [3.05, 3.63) is 0 Å². The zero-order valence-electron chi connectivity index (χ0n) is 10.3. The van der Waals surface area contributed by atoms with Crippen molar-refractivity contribution >= 4 is 37.8 Å². The van der Waals surface area contributed by atoms with Gasteiger partial charge in [-0.3, -0.25) is 0 Å². The average molecular weight is 361 g/mol. The van der Waals surface area contributed by atoms with Gasteiger partial charge in [-0.15, -0.1) is 0 Å². The van der Waals surface area contributed by atoms with Crippen molar-refractivity contribution in [3.63, 3.8) is 0 Å². The highest BCUT2D eigenvalue weighted by atomic mass is 127. The van der Waals surface area contributed by atoms with E-state index in [2.05, 4.69) is 35.6 Å². The Hall–Kier alpha value is 1.24. The highest BCUT2D eigenvalue weighted by molar-refractivity contribution is 14.1. The van der Waals surface area contributed by atoms with Crippen molar-refractivity contribution in [3.8, 4) is 0 Å². The summed E-state index contributed by atoms with van der Waals surface area (Å²) in [6.07, 6.45) is 10.9. The fourth-order valence-corrected chi connectivity index (χ4v) is 6.62. The molecule has 0 aromatic carbocycles. The fourth-order valence-electron chi connectivity index (χ4n) is 1.75. The molecular weight excluding hydrogens is 335 g/mol. The maximum Gasteiger partial charge on any atom is 0.221 e. The van der Waals surface area contributed by atoms with Crippen molar-refractivity contribution in [1.82, 2.24) is 0 Å². The zero-order chi connectivity index (χ0) is 11.6. The number of hydrogen-bond donors (Lipinski definition) is 0. The van der Waals surface area contributed by atoms with Crippen molar-refractivity contribution in [2.75, 3.05) is 0 Å². The van der Waals surface area contributed by atoms with Crippen LogP contribution >= 0.6 is 32.9 Å². The van der Waals surface area contributed by atoms with Crippen molar-refractivity contribution < 1.29 is 0 Å². The highest BCUT2D eigenvalue weighted by Crippen LogP contribution is 2.32. The second-order valence-corrected chi connectivity index (χ2v) is 17.5. The van der Waals surface area contributed by atoms with E-state index in [0.717, 1.165) is 0 Å². The van der Waals surface area contributed by atoms with Gasteiger partial charge in [0.15, 0.2) is 0 Å². The molecule has 0 N–H and O–H groups in total. The molecule has 0 aromatic heterocycles. The van der Waals surface area contributed by atoms with Crippen LogP contribution in [0.3, 0.4) is 0 Å². The quantitative estimate of drug-likeness (QED) is 0.186. The monoisotopic (exact) mass is 360 g/mol. The smallest absolute Gasteiger partial charge is 0.153 e. The summed E-state index contributed by atoms with van der Waals surface area (Å²) in [6.45, 7) is 4.53. The summed E-state index contributed by atoms with van der Waals surface area (Å²) in [6, 6.07) is 2.64. The molecule has 0 aliphatic heterocycles. The predicted octanol–water partition coefficient (Wildman–Crippen LogP) is 6.26. The molecule has 0 saturated carbocycles. The van der Waals surface area contributed by atoms with Gasteiger partial charge in [0.25, 0.3) is 0 Å². The van der Waals surface area contributed by atoms with Crippen LogP contribution in [-0.2, 0) is 0 Å². The van der Waals surface area contributed by atoms with E-state index in [4.69, 9.17) is 11.1 Å². The molecule has 0 aliphatic carbocycles. The third kappa shape index (κ3) is 11.5. The van der Waals surface area contributed by atoms with Gasteiger partial charge < -0.3 is 0 Å². The lowest BCUT2D eigenvalue weighted by Crippen LogP contribution is -2.17. The van der Waals surface area contributed by atoms with E-state index in [-0.39, 0.29) is 0 Å². The summed E-state index contributed by atoms with van der Waals surface area (Å²) >= 11 is 9.20. The standard InChI is InChI=1S/C12H26ClISi/c1-3-5-7-9-11-15(13,14)12-10-8-6-4-2/h3-12H2,1-2H3. The first-order chi connectivity index (χ1) is 7.12. The first-order valence-corrected chi connectivity index (χ1v) is 13.0. The highest BCUT2D eigenvalue weighted by Gasteiger charge is 2.25. The lowest BCUT2D eigenvalue weighted by atomic mass is 10.2. The Balaban J connectivity index is 3.40. The van der Waals surface area contributed by atoms with Crippen LogP contribution in [0.4, 0.5) is 0 Å². The Morgan fingerprint density at radius 2 is 1.20 bits per heavy atom. The van der Waals surface area contributed by atoms with Gasteiger partial charge in [0.2, 0.25) is 4.88 Å². The third-order valence-electron chi connectivity index (χ3n) is 2.79. The minimum atomic E-state index is -1.36. The number of hydrogen-bond acceptors (Lipinski definition) is 0. The maximum atomic E-state index is 6.62. The summed E-state index contributed by atoms with van der Waals surface area (Å²) in [5.41, 5.74) is 0. The van der Waals surface area contributed by atoms with E-state index < -0.39 is 4.88 Å². The van der Waals surface area contributed by atoms with Crippen LogP contribution in [0.1, 0.15) is 65.2 Å². The first kappa shape index (κ1) is 16.2. The molecule has 0 unspecified atom stereocenters. The van der Waals surface area contributed by atoms with Crippen molar-refractivity contribution in [2.45, 2.75) is 77.3 Å². The van der Waals surface area contributed by atoms with Gasteiger partial charge in [-0.05, 0) is 12.1 Å². The normalized spacial score (nSPS) is 12.0. The second kappa shape index (κ2) is 10.4. The topological polar surface area (TPSA) is 0 Å². The van der Waals surface area contributed by atoms with Crippen molar-refractivity contribution in [1.29, 1.82) is 0 Å². The van der Waals surface area contributed by atoms with Gasteiger partial charge in [-0.1, -0.05) is 87.0 Å². The van der Waals surface area contributed by atoms with Crippen LogP contribution in [0, 0.1) is 0 Å². The summed E-state index contributed by atoms with van der Waals surface area (Å²) in [5, 5.41) is 0. The number of rotatable bonds is 10. The van der Waals surface area contributed by atoms with Gasteiger partial charge in [0, 0.05) is 0 Å². The molecule has 15 heavy (non-hydrogen) atoms. The predicted molar refractivity (Wildman–Crippen MR) is 83.5 cm³/mol. The summed E-state index contributed by atoms with van der Waals surface area (Å²) in [5.74, 6) is 0. The minimum Gasteiger partial charge on any atom is -0.153 e. The van der Waals surface area contributed by atoms with E-state index in [0.29, 0.717) is 0 Å². The van der Waals surface area contributed by atoms with Crippen molar-refractivity contribution in [2.24, 2.45) is 0 Å². The number of halogens is 2. The van der Waals surface area contributed by atoms with Gasteiger partial charge in [0.05, 0.1) is 0 Å². The van der Waals surface area contributed by atoms with E-state index >= 15 is 0 Å². The average Bonchev–Trinajstić information content (AvgIpc) is 2.20. The first-order valence-electron chi connectivity index (χ1n) is 6.50. The molecule has 3 heteroatoms.